The molecule has 1 heterocycles. The number of aliphatic carboxylic acids is 1. The van der Waals surface area contributed by atoms with Crippen molar-refractivity contribution in [2.24, 2.45) is 5.92 Å². The summed E-state index contributed by atoms with van der Waals surface area (Å²) in [7, 11) is 0. The van der Waals surface area contributed by atoms with E-state index in [-0.39, 0.29) is 24.8 Å². The van der Waals surface area contributed by atoms with Gasteiger partial charge in [-0.05, 0) is 24.5 Å². The molecule has 0 radical (unpaired) electrons. The van der Waals surface area contributed by atoms with Crippen molar-refractivity contribution < 1.29 is 19.5 Å². The normalized spacial score (nSPS) is 20.4. The van der Waals surface area contributed by atoms with Gasteiger partial charge in [0.2, 0.25) is 5.91 Å². The van der Waals surface area contributed by atoms with E-state index in [2.05, 4.69) is 10.6 Å². The van der Waals surface area contributed by atoms with Gasteiger partial charge < -0.3 is 10.4 Å². The van der Waals surface area contributed by atoms with Crippen LogP contribution in [0.25, 0.3) is 0 Å². The van der Waals surface area contributed by atoms with Gasteiger partial charge in [0.1, 0.15) is 0 Å². The Hall–Kier alpha value is -1.24. The van der Waals surface area contributed by atoms with E-state index >= 15 is 0 Å². The van der Waals surface area contributed by atoms with Crippen molar-refractivity contribution in [2.75, 3.05) is 11.5 Å². The summed E-state index contributed by atoms with van der Waals surface area (Å²) < 4.78 is 0. The topological polar surface area (TPSA) is 95.5 Å². The highest BCUT2D eigenvalue weighted by molar-refractivity contribution is 7.99. The Morgan fingerprint density at radius 2 is 2.11 bits per heavy atom. The van der Waals surface area contributed by atoms with Gasteiger partial charge in [-0.2, -0.15) is 11.8 Å². The quantitative estimate of drug-likeness (QED) is 0.706. The molecule has 0 aromatic rings. The number of urea groups is 1. The molecule has 108 valence electrons. The number of rotatable bonds is 5. The predicted molar refractivity (Wildman–Crippen MR) is 73.1 cm³/mol. The van der Waals surface area contributed by atoms with Crippen LogP contribution in [0.4, 0.5) is 4.79 Å². The second-order valence-corrected chi connectivity index (χ2v) is 5.99. The molecule has 0 spiro atoms. The van der Waals surface area contributed by atoms with E-state index in [1.807, 2.05) is 0 Å². The van der Waals surface area contributed by atoms with Gasteiger partial charge in [-0.15, -0.1) is 0 Å². The highest BCUT2D eigenvalue weighted by atomic mass is 32.2. The van der Waals surface area contributed by atoms with E-state index in [0.717, 1.165) is 24.3 Å². The van der Waals surface area contributed by atoms with Crippen molar-refractivity contribution in [3.63, 3.8) is 0 Å². The maximum atomic E-state index is 11.6. The summed E-state index contributed by atoms with van der Waals surface area (Å²) in [6, 6.07) is -0.372. The molecule has 0 aliphatic carbocycles. The third-order valence-electron chi connectivity index (χ3n) is 2.81. The van der Waals surface area contributed by atoms with Crippen LogP contribution in [0.1, 0.15) is 32.6 Å². The van der Waals surface area contributed by atoms with Crippen molar-refractivity contribution in [1.82, 2.24) is 10.6 Å². The molecule has 3 N–H and O–H groups in total. The molecule has 0 aromatic heterocycles. The zero-order valence-electron chi connectivity index (χ0n) is 11.0. The summed E-state index contributed by atoms with van der Waals surface area (Å²) in [6.45, 7) is 1.67. The fourth-order valence-corrected chi connectivity index (χ4v) is 3.01. The molecule has 0 bridgehead atoms. The molecule has 2 unspecified atom stereocenters. The minimum absolute atomic E-state index is 0.0408. The SMILES string of the molecule is CC(CC(=O)O)CC(=O)NC(=O)NC1CCCSC1. The van der Waals surface area contributed by atoms with Crippen LogP contribution < -0.4 is 10.6 Å². The van der Waals surface area contributed by atoms with E-state index in [4.69, 9.17) is 5.11 Å². The molecule has 1 fully saturated rings. The standard InChI is InChI=1S/C12H20N2O4S/c1-8(6-11(16)17)5-10(15)14-12(18)13-9-3-2-4-19-7-9/h8-9H,2-7H2,1H3,(H,16,17)(H2,13,14,15,18). The Kier molecular flexibility index (Phi) is 6.69. The van der Waals surface area contributed by atoms with E-state index in [0.29, 0.717) is 0 Å². The molecule has 1 rings (SSSR count). The fourth-order valence-electron chi connectivity index (χ4n) is 1.94. The summed E-state index contributed by atoms with van der Waals surface area (Å²) in [5, 5.41) is 13.6. The largest absolute Gasteiger partial charge is 0.481 e. The Labute approximate surface area is 116 Å². The van der Waals surface area contributed by atoms with Crippen molar-refractivity contribution in [2.45, 2.75) is 38.6 Å². The smallest absolute Gasteiger partial charge is 0.321 e. The lowest BCUT2D eigenvalue weighted by Crippen LogP contribution is -2.46. The van der Waals surface area contributed by atoms with Crippen LogP contribution in [-0.4, -0.2) is 40.6 Å². The number of hydrogen-bond donors (Lipinski definition) is 3. The van der Waals surface area contributed by atoms with Crippen LogP contribution in [-0.2, 0) is 9.59 Å². The van der Waals surface area contributed by atoms with Gasteiger partial charge in [0, 0.05) is 24.6 Å². The number of carbonyl (C=O) groups is 3. The Bertz CT molecular complexity index is 343. The van der Waals surface area contributed by atoms with Crippen molar-refractivity contribution in [1.29, 1.82) is 0 Å². The minimum atomic E-state index is -0.941. The number of hydrogen-bond acceptors (Lipinski definition) is 4. The van der Waals surface area contributed by atoms with Crippen molar-refractivity contribution >= 4 is 29.7 Å². The fraction of sp³-hybridized carbons (Fsp3) is 0.750. The van der Waals surface area contributed by atoms with Crippen LogP contribution in [0.3, 0.4) is 0 Å². The van der Waals surface area contributed by atoms with Crippen LogP contribution in [0.2, 0.25) is 0 Å². The lowest BCUT2D eigenvalue weighted by atomic mass is 10.0. The summed E-state index contributed by atoms with van der Waals surface area (Å²) in [4.78, 5) is 33.5. The van der Waals surface area contributed by atoms with E-state index < -0.39 is 17.9 Å². The highest BCUT2D eigenvalue weighted by Crippen LogP contribution is 2.16. The first-order chi connectivity index (χ1) is 8.97. The average molecular weight is 288 g/mol. The number of nitrogens with one attached hydrogen (secondary N) is 2. The molecule has 1 aliphatic rings. The van der Waals surface area contributed by atoms with Crippen molar-refractivity contribution in [3.8, 4) is 0 Å². The lowest BCUT2D eigenvalue weighted by Gasteiger charge is -2.22. The molecule has 3 amide bonds. The van der Waals surface area contributed by atoms with Gasteiger partial charge in [0.15, 0.2) is 0 Å². The summed E-state index contributed by atoms with van der Waals surface area (Å²) in [6.07, 6.45) is 1.97. The molecule has 2 atom stereocenters. The highest BCUT2D eigenvalue weighted by Gasteiger charge is 2.18. The van der Waals surface area contributed by atoms with Gasteiger partial charge in [-0.3, -0.25) is 14.9 Å². The number of carboxylic acids is 1. The molecule has 6 nitrogen and oxygen atoms in total. The summed E-state index contributed by atoms with van der Waals surface area (Å²) in [5.41, 5.74) is 0. The van der Waals surface area contributed by atoms with Crippen LogP contribution in [0, 0.1) is 5.92 Å². The number of thioether (sulfide) groups is 1. The maximum absolute atomic E-state index is 11.6. The summed E-state index contributed by atoms with van der Waals surface area (Å²) in [5.74, 6) is 0.330. The predicted octanol–water partition coefficient (Wildman–Crippen LogP) is 1.21. The third-order valence-corrected chi connectivity index (χ3v) is 4.02. The first kappa shape index (κ1) is 15.8. The van der Waals surface area contributed by atoms with Crippen LogP contribution >= 0.6 is 11.8 Å². The third kappa shape index (κ3) is 7.05. The molecule has 1 saturated heterocycles. The molecule has 19 heavy (non-hydrogen) atoms. The Morgan fingerprint density at radius 3 is 2.68 bits per heavy atom. The van der Waals surface area contributed by atoms with Crippen LogP contribution in [0.15, 0.2) is 0 Å². The van der Waals surface area contributed by atoms with Gasteiger partial charge in [0.05, 0.1) is 0 Å². The molecule has 0 saturated carbocycles. The average Bonchev–Trinajstić information content (AvgIpc) is 2.28. The second-order valence-electron chi connectivity index (χ2n) is 4.84. The zero-order chi connectivity index (χ0) is 14.3. The molecular formula is C12H20N2O4S. The first-order valence-electron chi connectivity index (χ1n) is 6.37. The Morgan fingerprint density at radius 1 is 1.37 bits per heavy atom. The van der Waals surface area contributed by atoms with E-state index in [1.54, 1.807) is 18.7 Å². The van der Waals surface area contributed by atoms with Gasteiger partial charge in [0.25, 0.3) is 0 Å². The maximum Gasteiger partial charge on any atom is 0.321 e. The van der Waals surface area contributed by atoms with Gasteiger partial charge in [-0.25, -0.2) is 4.79 Å². The van der Waals surface area contributed by atoms with E-state index in [9.17, 15) is 14.4 Å². The van der Waals surface area contributed by atoms with E-state index in [1.165, 1.54) is 0 Å². The Balaban J connectivity index is 2.23. The lowest BCUT2D eigenvalue weighted by molar-refractivity contribution is -0.138. The molecule has 0 aromatic carbocycles. The number of imide groups is 1. The molecule has 7 heteroatoms. The monoisotopic (exact) mass is 288 g/mol. The summed E-state index contributed by atoms with van der Waals surface area (Å²) >= 11 is 1.79. The molecular weight excluding hydrogens is 268 g/mol. The molecule has 1 aliphatic heterocycles. The van der Waals surface area contributed by atoms with Gasteiger partial charge in [-0.1, -0.05) is 6.92 Å². The van der Waals surface area contributed by atoms with Gasteiger partial charge >= 0.3 is 12.0 Å². The minimum Gasteiger partial charge on any atom is -0.481 e. The number of amides is 3. The first-order valence-corrected chi connectivity index (χ1v) is 7.52. The van der Waals surface area contributed by atoms with Crippen LogP contribution in [0.5, 0.6) is 0 Å². The second kappa shape index (κ2) is 8.04. The number of carbonyl (C=O) groups excluding carboxylic acids is 2. The van der Waals surface area contributed by atoms with Crippen molar-refractivity contribution in [3.05, 3.63) is 0 Å². The number of carboxylic acid groups (broad SMARTS) is 1. The zero-order valence-corrected chi connectivity index (χ0v) is 11.8.